The smallest absolute Gasteiger partial charge is 0.261 e. The van der Waals surface area contributed by atoms with Crippen LogP contribution in [0.15, 0.2) is 42.0 Å². The maximum Gasteiger partial charge on any atom is 0.261 e. The molecule has 0 radical (unpaired) electrons. The summed E-state index contributed by atoms with van der Waals surface area (Å²) in [5.41, 5.74) is 0.882. The lowest BCUT2D eigenvalue weighted by molar-refractivity contribution is 0.0954. The van der Waals surface area contributed by atoms with Crippen LogP contribution in [0.2, 0.25) is 0 Å². The molecule has 3 heterocycles. The number of H-pyrrole nitrogens is 1. The minimum Gasteiger partial charge on any atom is -0.344 e. The monoisotopic (exact) mass is 285 g/mol. The molecule has 0 saturated heterocycles. The van der Waals surface area contributed by atoms with Crippen molar-refractivity contribution in [2.45, 2.75) is 6.54 Å². The number of nitrogens with one attached hydrogen (secondary N) is 2. The number of hydrogen-bond donors (Lipinski definition) is 2. The van der Waals surface area contributed by atoms with E-state index in [1.807, 2.05) is 23.6 Å². The number of aromatic nitrogens is 4. The number of carbonyl (C=O) groups is 1. The summed E-state index contributed by atoms with van der Waals surface area (Å²) in [6, 6.07) is 7.28. The summed E-state index contributed by atoms with van der Waals surface area (Å²) in [4.78, 5) is 20.7. The Morgan fingerprint density at radius 1 is 1.30 bits per heavy atom. The van der Waals surface area contributed by atoms with Crippen molar-refractivity contribution in [1.82, 2.24) is 25.5 Å². The van der Waals surface area contributed by atoms with Gasteiger partial charge in [0.25, 0.3) is 5.91 Å². The number of nitrogens with zero attached hydrogens (tertiary/aromatic N) is 3. The van der Waals surface area contributed by atoms with Gasteiger partial charge in [-0.2, -0.15) is 5.10 Å². The molecule has 3 aromatic rings. The Morgan fingerprint density at radius 2 is 2.15 bits per heavy atom. The van der Waals surface area contributed by atoms with Crippen LogP contribution in [0.25, 0.3) is 11.4 Å². The van der Waals surface area contributed by atoms with Gasteiger partial charge in [-0.15, -0.1) is 11.3 Å². The molecule has 0 atom stereocenters. The van der Waals surface area contributed by atoms with Gasteiger partial charge in [-0.1, -0.05) is 6.07 Å². The fraction of sp³-hybridized carbons (Fsp3) is 0.0769. The molecule has 0 aliphatic rings. The zero-order valence-electron chi connectivity index (χ0n) is 10.4. The number of carbonyl (C=O) groups excluding carboxylic acids is 1. The lowest BCUT2D eigenvalue weighted by Gasteiger charge is -1.99. The van der Waals surface area contributed by atoms with E-state index >= 15 is 0 Å². The number of thiophene rings is 1. The van der Waals surface area contributed by atoms with Gasteiger partial charge in [0.2, 0.25) is 0 Å². The molecule has 0 spiro atoms. The van der Waals surface area contributed by atoms with E-state index in [2.05, 4.69) is 25.5 Å². The van der Waals surface area contributed by atoms with Gasteiger partial charge in [-0.3, -0.25) is 14.9 Å². The maximum absolute atomic E-state index is 11.8. The van der Waals surface area contributed by atoms with Gasteiger partial charge in [0.15, 0.2) is 5.82 Å². The summed E-state index contributed by atoms with van der Waals surface area (Å²) < 4.78 is 0. The number of amides is 1. The van der Waals surface area contributed by atoms with Crippen molar-refractivity contribution in [3.05, 3.63) is 52.7 Å². The molecule has 0 aliphatic heterocycles. The number of hydrogen-bond acceptors (Lipinski definition) is 5. The molecule has 3 aromatic heterocycles. The Balaban J connectivity index is 1.65. The van der Waals surface area contributed by atoms with Gasteiger partial charge in [-0.25, -0.2) is 4.98 Å². The van der Waals surface area contributed by atoms with Crippen molar-refractivity contribution in [2.24, 2.45) is 0 Å². The highest BCUT2D eigenvalue weighted by Gasteiger charge is 2.09. The average Bonchev–Trinajstić information content (AvgIpc) is 3.17. The number of pyridine rings is 1. The van der Waals surface area contributed by atoms with Crippen LogP contribution < -0.4 is 5.32 Å². The summed E-state index contributed by atoms with van der Waals surface area (Å²) in [5, 5.41) is 11.6. The zero-order valence-corrected chi connectivity index (χ0v) is 11.2. The van der Waals surface area contributed by atoms with Gasteiger partial charge < -0.3 is 5.32 Å². The topological polar surface area (TPSA) is 83.6 Å². The first kappa shape index (κ1) is 12.5. The molecule has 1 amide bonds. The summed E-state index contributed by atoms with van der Waals surface area (Å²) in [7, 11) is 0. The standard InChI is InChI=1S/C13H11N5OS/c19-13(10-2-1-7-20-10)15-8-11-16-12(18-17-11)9-3-5-14-6-4-9/h1-7H,8H2,(H,15,19)(H,16,17,18). The SMILES string of the molecule is O=C(NCc1nc(-c2ccncc2)n[nH]1)c1cccs1. The molecular weight excluding hydrogens is 274 g/mol. The van der Waals surface area contributed by atoms with E-state index in [-0.39, 0.29) is 5.91 Å². The first-order valence-electron chi connectivity index (χ1n) is 5.96. The van der Waals surface area contributed by atoms with Gasteiger partial charge in [0.05, 0.1) is 11.4 Å². The summed E-state index contributed by atoms with van der Waals surface area (Å²) in [6.45, 7) is 0.314. The summed E-state index contributed by atoms with van der Waals surface area (Å²) >= 11 is 1.40. The van der Waals surface area contributed by atoms with Crippen LogP contribution in [-0.4, -0.2) is 26.1 Å². The predicted molar refractivity (Wildman–Crippen MR) is 75.1 cm³/mol. The van der Waals surface area contributed by atoms with Crippen molar-refractivity contribution in [1.29, 1.82) is 0 Å². The second kappa shape index (κ2) is 5.62. The highest BCUT2D eigenvalue weighted by Crippen LogP contribution is 2.12. The molecule has 3 rings (SSSR count). The predicted octanol–water partition coefficient (Wildman–Crippen LogP) is 1.86. The van der Waals surface area contributed by atoms with Gasteiger partial charge in [0.1, 0.15) is 5.82 Å². The van der Waals surface area contributed by atoms with E-state index in [4.69, 9.17) is 0 Å². The van der Waals surface area contributed by atoms with Crippen LogP contribution in [-0.2, 0) is 6.54 Å². The Kier molecular flexibility index (Phi) is 3.51. The highest BCUT2D eigenvalue weighted by atomic mass is 32.1. The molecule has 2 N–H and O–H groups in total. The second-order valence-corrected chi connectivity index (χ2v) is 4.95. The van der Waals surface area contributed by atoms with E-state index in [0.29, 0.717) is 23.1 Å². The Morgan fingerprint density at radius 3 is 2.90 bits per heavy atom. The lowest BCUT2D eigenvalue weighted by Crippen LogP contribution is -2.22. The molecule has 20 heavy (non-hydrogen) atoms. The quantitative estimate of drug-likeness (QED) is 0.766. The van der Waals surface area contributed by atoms with E-state index in [1.54, 1.807) is 18.5 Å². The molecule has 0 unspecified atom stereocenters. The van der Waals surface area contributed by atoms with E-state index in [1.165, 1.54) is 11.3 Å². The zero-order chi connectivity index (χ0) is 13.8. The fourth-order valence-electron chi connectivity index (χ4n) is 1.66. The van der Waals surface area contributed by atoms with Gasteiger partial charge >= 0.3 is 0 Å². The van der Waals surface area contributed by atoms with E-state index < -0.39 is 0 Å². The number of rotatable bonds is 4. The average molecular weight is 285 g/mol. The summed E-state index contributed by atoms with van der Waals surface area (Å²) in [5.74, 6) is 1.09. The third-order valence-electron chi connectivity index (χ3n) is 2.63. The lowest BCUT2D eigenvalue weighted by atomic mass is 10.2. The maximum atomic E-state index is 11.8. The Bertz CT molecular complexity index is 693. The van der Waals surface area contributed by atoms with Crippen LogP contribution in [0.5, 0.6) is 0 Å². The summed E-state index contributed by atoms with van der Waals surface area (Å²) in [6.07, 6.45) is 3.37. The van der Waals surface area contributed by atoms with Crippen LogP contribution in [0.3, 0.4) is 0 Å². The third kappa shape index (κ3) is 2.72. The van der Waals surface area contributed by atoms with E-state index in [9.17, 15) is 4.79 Å². The normalized spacial score (nSPS) is 10.4. The van der Waals surface area contributed by atoms with Crippen molar-refractivity contribution in [3.8, 4) is 11.4 Å². The molecule has 100 valence electrons. The Labute approximate surface area is 118 Å². The molecular formula is C13H11N5OS. The molecule has 0 aromatic carbocycles. The first-order chi connectivity index (χ1) is 9.83. The van der Waals surface area contributed by atoms with Crippen molar-refractivity contribution in [3.63, 3.8) is 0 Å². The molecule has 0 bridgehead atoms. The Hall–Kier alpha value is -2.54. The van der Waals surface area contributed by atoms with Crippen molar-refractivity contribution >= 4 is 17.2 Å². The third-order valence-corrected chi connectivity index (χ3v) is 3.50. The van der Waals surface area contributed by atoms with Crippen LogP contribution in [0.1, 0.15) is 15.5 Å². The molecule has 0 fully saturated rings. The van der Waals surface area contributed by atoms with E-state index in [0.717, 1.165) is 5.56 Å². The largest absolute Gasteiger partial charge is 0.344 e. The molecule has 0 saturated carbocycles. The highest BCUT2D eigenvalue weighted by molar-refractivity contribution is 7.12. The number of aromatic amines is 1. The molecule has 6 nitrogen and oxygen atoms in total. The van der Waals surface area contributed by atoms with Gasteiger partial charge in [0, 0.05) is 18.0 Å². The minimum absolute atomic E-state index is 0.109. The minimum atomic E-state index is -0.109. The van der Waals surface area contributed by atoms with Crippen molar-refractivity contribution < 1.29 is 4.79 Å². The molecule has 7 heteroatoms. The fourth-order valence-corrected chi connectivity index (χ4v) is 2.30. The molecule has 0 aliphatic carbocycles. The van der Waals surface area contributed by atoms with Crippen LogP contribution in [0.4, 0.5) is 0 Å². The first-order valence-corrected chi connectivity index (χ1v) is 6.84. The second-order valence-electron chi connectivity index (χ2n) is 4.00. The van der Waals surface area contributed by atoms with Crippen LogP contribution >= 0.6 is 11.3 Å². The van der Waals surface area contributed by atoms with Gasteiger partial charge in [-0.05, 0) is 23.6 Å². The van der Waals surface area contributed by atoms with Crippen LogP contribution in [0, 0.1) is 0 Å². The van der Waals surface area contributed by atoms with Crippen molar-refractivity contribution in [2.75, 3.05) is 0 Å².